The molecule has 0 aromatic heterocycles. The molecule has 3 nitrogen and oxygen atoms in total. The number of nitriles is 1. The Balaban J connectivity index is 0.00000191. The number of ketones is 1. The molecule has 0 aliphatic carbocycles. The van der Waals surface area contributed by atoms with Crippen molar-refractivity contribution in [2.75, 3.05) is 0 Å². The molecule has 0 fully saturated rings. The molecule has 0 heterocycles. The van der Waals surface area contributed by atoms with Crippen LogP contribution in [0, 0.1) is 17.1 Å². The van der Waals surface area contributed by atoms with E-state index in [0.717, 1.165) is 18.2 Å². The SMILES string of the molecule is C=C(Cl)/C=C(\C(=C)O)C(=O)c1cc(F)cc(C#N)c1.CC. The number of carbonyl (C=O) groups is 1. The van der Waals surface area contributed by atoms with E-state index in [1.165, 1.54) is 6.07 Å². The number of halogens is 2. The van der Waals surface area contributed by atoms with Crippen molar-refractivity contribution in [1.29, 1.82) is 5.26 Å². The number of hydrogen-bond donors (Lipinski definition) is 1. The van der Waals surface area contributed by atoms with Gasteiger partial charge >= 0.3 is 0 Å². The smallest absolute Gasteiger partial charge is 0.196 e. The highest BCUT2D eigenvalue weighted by atomic mass is 35.5. The Hall–Kier alpha value is -2.38. The molecule has 0 amide bonds. The number of rotatable bonds is 4. The van der Waals surface area contributed by atoms with Crippen LogP contribution in [0.2, 0.25) is 0 Å². The normalized spacial score (nSPS) is 9.95. The molecule has 5 heteroatoms. The summed E-state index contributed by atoms with van der Waals surface area (Å²) in [5.74, 6) is -1.95. The summed E-state index contributed by atoms with van der Waals surface area (Å²) in [6, 6.07) is 4.89. The Kier molecular flexibility index (Phi) is 7.74. The molecule has 1 aromatic rings. The van der Waals surface area contributed by atoms with Gasteiger partial charge in [0.05, 0.1) is 17.2 Å². The Labute approximate surface area is 128 Å². The third-order valence-corrected chi connectivity index (χ3v) is 2.25. The Bertz CT molecular complexity index is 642. The van der Waals surface area contributed by atoms with E-state index in [4.69, 9.17) is 16.9 Å². The van der Waals surface area contributed by atoms with Crippen LogP contribution in [0.25, 0.3) is 0 Å². The standard InChI is InChI=1S/C14H9ClFNO2.C2H6/c1-8(15)3-13(9(2)18)14(19)11-4-10(7-17)5-12(16)6-11;1-2/h3-6,18H,1-2H2;1-2H3/b13-3+;. The van der Waals surface area contributed by atoms with Gasteiger partial charge in [0.1, 0.15) is 11.6 Å². The van der Waals surface area contributed by atoms with Gasteiger partial charge in [0, 0.05) is 10.6 Å². The van der Waals surface area contributed by atoms with Crippen LogP contribution in [0.4, 0.5) is 4.39 Å². The predicted molar refractivity (Wildman–Crippen MR) is 81.6 cm³/mol. The topological polar surface area (TPSA) is 61.1 Å². The molecule has 1 N–H and O–H groups in total. The van der Waals surface area contributed by atoms with Crippen molar-refractivity contribution < 1.29 is 14.3 Å². The van der Waals surface area contributed by atoms with Gasteiger partial charge in [-0.2, -0.15) is 5.26 Å². The molecule has 0 spiro atoms. The molecule has 0 unspecified atom stereocenters. The minimum Gasteiger partial charge on any atom is -0.508 e. The van der Waals surface area contributed by atoms with Crippen LogP contribution in [0.1, 0.15) is 29.8 Å². The van der Waals surface area contributed by atoms with Gasteiger partial charge in [-0.25, -0.2) is 4.39 Å². The Morgan fingerprint density at radius 1 is 1.38 bits per heavy atom. The summed E-state index contributed by atoms with van der Waals surface area (Å²) in [6.45, 7) is 10.6. The summed E-state index contributed by atoms with van der Waals surface area (Å²) in [6.07, 6.45) is 1.11. The summed E-state index contributed by atoms with van der Waals surface area (Å²) < 4.78 is 13.3. The lowest BCUT2D eigenvalue weighted by atomic mass is 10.00. The first-order valence-corrected chi connectivity index (χ1v) is 6.42. The summed E-state index contributed by atoms with van der Waals surface area (Å²) in [7, 11) is 0. The lowest BCUT2D eigenvalue weighted by molar-refractivity contribution is 0.103. The summed E-state index contributed by atoms with van der Waals surface area (Å²) in [5, 5.41) is 18.1. The fourth-order valence-corrected chi connectivity index (χ4v) is 1.49. The number of benzene rings is 1. The van der Waals surface area contributed by atoms with Crippen molar-refractivity contribution in [2.24, 2.45) is 0 Å². The highest BCUT2D eigenvalue weighted by molar-refractivity contribution is 6.31. The number of Topliss-reactive ketones (excluding diaryl/α,β-unsaturated/α-hetero) is 1. The average Bonchev–Trinajstić information content (AvgIpc) is 2.45. The Morgan fingerprint density at radius 3 is 2.38 bits per heavy atom. The van der Waals surface area contributed by atoms with Gasteiger partial charge in [-0.1, -0.05) is 38.6 Å². The minimum absolute atomic E-state index is 0.00375. The molecule has 110 valence electrons. The second-order valence-electron chi connectivity index (χ2n) is 3.62. The van der Waals surface area contributed by atoms with Crippen LogP contribution in [0.15, 0.2) is 53.8 Å². The first-order valence-electron chi connectivity index (χ1n) is 6.05. The van der Waals surface area contributed by atoms with Crippen molar-refractivity contribution in [3.05, 3.63) is 70.7 Å². The van der Waals surface area contributed by atoms with Gasteiger partial charge in [0.25, 0.3) is 0 Å². The first-order chi connectivity index (χ1) is 9.85. The maximum absolute atomic E-state index is 13.3. The Morgan fingerprint density at radius 2 is 1.95 bits per heavy atom. The predicted octanol–water partition coefficient (Wildman–Crippen LogP) is 4.66. The highest BCUT2D eigenvalue weighted by Crippen LogP contribution is 2.18. The summed E-state index contributed by atoms with van der Waals surface area (Å²) in [4.78, 5) is 12.1. The number of carbonyl (C=O) groups excluding carboxylic acids is 1. The van der Waals surface area contributed by atoms with Crippen molar-refractivity contribution in [1.82, 2.24) is 0 Å². The van der Waals surface area contributed by atoms with Crippen LogP contribution in [-0.2, 0) is 0 Å². The van der Waals surface area contributed by atoms with Crippen LogP contribution in [0.5, 0.6) is 0 Å². The number of nitrogens with zero attached hydrogens (tertiary/aromatic N) is 1. The monoisotopic (exact) mass is 307 g/mol. The fourth-order valence-electron chi connectivity index (χ4n) is 1.38. The molecule has 0 saturated heterocycles. The first kappa shape index (κ1) is 18.6. The molecule has 0 aliphatic rings. The molecule has 21 heavy (non-hydrogen) atoms. The zero-order valence-corrected chi connectivity index (χ0v) is 12.5. The average molecular weight is 308 g/mol. The molecule has 0 bridgehead atoms. The van der Waals surface area contributed by atoms with Crippen molar-refractivity contribution >= 4 is 17.4 Å². The quantitative estimate of drug-likeness (QED) is 0.381. The second kappa shape index (κ2) is 8.72. The van der Waals surface area contributed by atoms with E-state index in [1.54, 1.807) is 6.07 Å². The van der Waals surface area contributed by atoms with E-state index in [0.29, 0.717) is 0 Å². The molecule has 0 atom stereocenters. The molecular formula is C16H15ClFNO2. The van der Waals surface area contributed by atoms with E-state index < -0.39 is 17.4 Å². The van der Waals surface area contributed by atoms with Crippen LogP contribution < -0.4 is 0 Å². The van der Waals surface area contributed by atoms with E-state index >= 15 is 0 Å². The van der Waals surface area contributed by atoms with E-state index in [-0.39, 0.29) is 21.7 Å². The van der Waals surface area contributed by atoms with Crippen molar-refractivity contribution in [3.63, 3.8) is 0 Å². The van der Waals surface area contributed by atoms with E-state index in [9.17, 15) is 14.3 Å². The lowest BCUT2D eigenvalue weighted by Gasteiger charge is -2.05. The van der Waals surface area contributed by atoms with Gasteiger partial charge in [0.2, 0.25) is 0 Å². The number of aliphatic hydroxyl groups is 1. The van der Waals surface area contributed by atoms with E-state index in [1.807, 2.05) is 13.8 Å². The molecule has 0 aliphatic heterocycles. The summed E-state index contributed by atoms with van der Waals surface area (Å²) >= 11 is 5.54. The number of aliphatic hydroxyl groups excluding tert-OH is 1. The molecule has 1 aromatic carbocycles. The van der Waals surface area contributed by atoms with Gasteiger partial charge < -0.3 is 5.11 Å². The number of hydrogen-bond acceptors (Lipinski definition) is 3. The molecule has 1 rings (SSSR count). The third kappa shape index (κ3) is 5.64. The lowest BCUT2D eigenvalue weighted by Crippen LogP contribution is -2.06. The van der Waals surface area contributed by atoms with Crippen molar-refractivity contribution in [2.45, 2.75) is 13.8 Å². The minimum atomic E-state index is -0.727. The van der Waals surface area contributed by atoms with Gasteiger partial charge in [-0.3, -0.25) is 4.79 Å². The zero-order chi connectivity index (χ0) is 16.6. The maximum atomic E-state index is 13.3. The molecule has 0 saturated carbocycles. The fraction of sp³-hybridized carbons (Fsp3) is 0.125. The maximum Gasteiger partial charge on any atom is 0.196 e. The van der Waals surface area contributed by atoms with Crippen LogP contribution >= 0.6 is 11.6 Å². The van der Waals surface area contributed by atoms with Gasteiger partial charge in [-0.05, 0) is 24.3 Å². The highest BCUT2D eigenvalue weighted by Gasteiger charge is 2.16. The largest absolute Gasteiger partial charge is 0.508 e. The van der Waals surface area contributed by atoms with E-state index in [2.05, 4.69) is 13.2 Å². The second-order valence-corrected chi connectivity index (χ2v) is 4.11. The number of allylic oxidation sites excluding steroid dienone is 3. The van der Waals surface area contributed by atoms with Crippen LogP contribution in [0.3, 0.4) is 0 Å². The van der Waals surface area contributed by atoms with Gasteiger partial charge in [-0.15, -0.1) is 0 Å². The summed E-state index contributed by atoms with van der Waals surface area (Å²) in [5.41, 5.74) is -0.304. The molecule has 0 radical (unpaired) electrons. The van der Waals surface area contributed by atoms with Gasteiger partial charge in [0.15, 0.2) is 5.78 Å². The van der Waals surface area contributed by atoms with Crippen LogP contribution in [-0.4, -0.2) is 10.9 Å². The zero-order valence-electron chi connectivity index (χ0n) is 11.8. The third-order valence-electron chi connectivity index (χ3n) is 2.15. The van der Waals surface area contributed by atoms with Crippen molar-refractivity contribution in [3.8, 4) is 6.07 Å². The molecular weight excluding hydrogens is 293 g/mol.